The van der Waals surface area contributed by atoms with Crippen LogP contribution < -0.4 is 0 Å². The van der Waals surface area contributed by atoms with Crippen molar-refractivity contribution < 1.29 is 17.7 Å². The minimum absolute atomic E-state index is 0.105. The minimum atomic E-state index is -3.45. The molecule has 0 unspecified atom stereocenters. The van der Waals surface area contributed by atoms with Crippen LogP contribution in [0.1, 0.15) is 48.6 Å². The summed E-state index contributed by atoms with van der Waals surface area (Å²) in [5.41, 5.74) is 2.92. The number of likely N-dealkylation sites (tertiary alicyclic amines) is 1. The number of nitrogens with zero attached hydrogens (tertiary/aromatic N) is 4. The first-order chi connectivity index (χ1) is 16.9. The molecule has 0 spiro atoms. The minimum Gasteiger partial charge on any atom is -0.342 e. The summed E-state index contributed by atoms with van der Waals surface area (Å²) < 4.78 is 32.6. The van der Waals surface area contributed by atoms with Gasteiger partial charge in [0.1, 0.15) is 0 Å². The van der Waals surface area contributed by atoms with E-state index in [0.717, 1.165) is 36.8 Å². The Morgan fingerprint density at radius 3 is 2.37 bits per heavy atom. The predicted molar refractivity (Wildman–Crippen MR) is 131 cm³/mol. The fourth-order valence-corrected chi connectivity index (χ4v) is 6.35. The Balaban J connectivity index is 1.20. The molecule has 1 aromatic heterocycles. The van der Waals surface area contributed by atoms with Crippen molar-refractivity contribution in [1.29, 1.82) is 0 Å². The molecular formula is C26H30N4O4S. The molecule has 35 heavy (non-hydrogen) atoms. The molecule has 3 heterocycles. The van der Waals surface area contributed by atoms with Gasteiger partial charge in [0.25, 0.3) is 0 Å². The van der Waals surface area contributed by atoms with Gasteiger partial charge >= 0.3 is 0 Å². The van der Waals surface area contributed by atoms with Crippen molar-refractivity contribution in [1.82, 2.24) is 19.3 Å². The van der Waals surface area contributed by atoms with Crippen LogP contribution in [0.2, 0.25) is 0 Å². The summed E-state index contributed by atoms with van der Waals surface area (Å²) in [4.78, 5) is 19.5. The molecule has 0 N–H and O–H groups in total. The average molecular weight is 495 g/mol. The highest BCUT2D eigenvalue weighted by Gasteiger charge is 2.29. The number of aromatic nitrogens is 2. The van der Waals surface area contributed by atoms with Crippen molar-refractivity contribution in [2.75, 3.05) is 26.2 Å². The fraction of sp³-hybridized carbons (Fsp3) is 0.423. The Bertz CT molecular complexity index is 1290. The first-order valence-corrected chi connectivity index (χ1v) is 13.6. The van der Waals surface area contributed by atoms with Crippen molar-refractivity contribution in [3.63, 3.8) is 0 Å². The highest BCUT2D eigenvalue weighted by molar-refractivity contribution is 7.89. The van der Waals surface area contributed by atoms with Crippen molar-refractivity contribution in [3.8, 4) is 11.4 Å². The van der Waals surface area contributed by atoms with Crippen LogP contribution >= 0.6 is 0 Å². The number of aryl methyl sites for hydroxylation is 1. The second-order valence-electron chi connectivity index (χ2n) is 9.35. The van der Waals surface area contributed by atoms with Crippen LogP contribution in [0.25, 0.3) is 11.4 Å². The van der Waals surface area contributed by atoms with Gasteiger partial charge in [0.2, 0.25) is 27.6 Å². The van der Waals surface area contributed by atoms with E-state index in [-0.39, 0.29) is 16.7 Å². The molecule has 1 amide bonds. The third kappa shape index (κ3) is 5.01. The molecule has 2 aliphatic heterocycles. The number of hydrogen-bond acceptors (Lipinski definition) is 6. The predicted octanol–water partition coefficient (Wildman–Crippen LogP) is 3.78. The van der Waals surface area contributed by atoms with Crippen LogP contribution in [-0.2, 0) is 21.2 Å². The molecule has 0 radical (unpaired) electrons. The Morgan fingerprint density at radius 2 is 1.69 bits per heavy atom. The third-order valence-corrected chi connectivity index (χ3v) is 8.97. The van der Waals surface area contributed by atoms with E-state index in [1.165, 1.54) is 4.31 Å². The first-order valence-electron chi connectivity index (χ1n) is 12.2. The number of piperidine rings is 1. The smallest absolute Gasteiger partial charge is 0.243 e. The quantitative estimate of drug-likeness (QED) is 0.517. The number of hydrogen-bond donors (Lipinski definition) is 0. The summed E-state index contributed by atoms with van der Waals surface area (Å²) in [6.45, 7) is 4.51. The molecule has 0 bridgehead atoms. The molecule has 184 valence electrons. The molecule has 0 aliphatic carbocycles. The number of benzene rings is 2. The van der Waals surface area contributed by atoms with Gasteiger partial charge in [0.05, 0.1) is 11.3 Å². The highest BCUT2D eigenvalue weighted by atomic mass is 32.2. The number of amides is 1. The summed E-state index contributed by atoms with van der Waals surface area (Å²) in [6.07, 6.45) is 3.78. The number of carbonyl (C=O) groups is 1. The molecule has 3 aromatic rings. The molecule has 2 fully saturated rings. The second kappa shape index (κ2) is 9.91. The largest absolute Gasteiger partial charge is 0.342 e. The van der Waals surface area contributed by atoms with Crippen LogP contribution in [0.15, 0.2) is 57.9 Å². The summed E-state index contributed by atoms with van der Waals surface area (Å²) in [7, 11) is -3.45. The van der Waals surface area contributed by atoms with Crippen LogP contribution in [0.5, 0.6) is 0 Å². The summed E-state index contributed by atoms with van der Waals surface area (Å²) in [5.74, 6) is 1.27. The van der Waals surface area contributed by atoms with E-state index >= 15 is 0 Å². The summed E-state index contributed by atoms with van der Waals surface area (Å²) in [6, 6.07) is 14.7. The molecule has 0 saturated carbocycles. The molecule has 5 rings (SSSR count). The Labute approximate surface area is 206 Å². The van der Waals surface area contributed by atoms with E-state index in [1.54, 1.807) is 24.3 Å². The van der Waals surface area contributed by atoms with E-state index in [2.05, 4.69) is 10.1 Å². The lowest BCUT2D eigenvalue weighted by Gasteiger charge is -2.30. The van der Waals surface area contributed by atoms with Crippen molar-refractivity contribution in [3.05, 3.63) is 65.5 Å². The van der Waals surface area contributed by atoms with Gasteiger partial charge in [-0.2, -0.15) is 9.29 Å². The molecule has 2 aromatic carbocycles. The summed E-state index contributed by atoms with van der Waals surface area (Å²) >= 11 is 0. The molecule has 0 atom stereocenters. The van der Waals surface area contributed by atoms with Crippen molar-refractivity contribution in [2.24, 2.45) is 0 Å². The van der Waals surface area contributed by atoms with Crippen molar-refractivity contribution in [2.45, 2.75) is 49.8 Å². The van der Waals surface area contributed by atoms with E-state index < -0.39 is 10.0 Å². The maximum Gasteiger partial charge on any atom is 0.243 e. The van der Waals surface area contributed by atoms with E-state index in [0.29, 0.717) is 49.9 Å². The maximum absolute atomic E-state index is 12.8. The average Bonchev–Trinajstić information content (AvgIpc) is 3.59. The van der Waals surface area contributed by atoms with Crippen LogP contribution in [0.3, 0.4) is 0 Å². The monoisotopic (exact) mass is 494 g/mol. The molecule has 2 aliphatic rings. The van der Waals surface area contributed by atoms with Crippen molar-refractivity contribution >= 4 is 15.9 Å². The number of sulfonamides is 1. The van der Waals surface area contributed by atoms with E-state index in [9.17, 15) is 13.2 Å². The first kappa shape index (κ1) is 23.7. The van der Waals surface area contributed by atoms with Gasteiger partial charge < -0.3 is 9.42 Å². The van der Waals surface area contributed by atoms with Crippen LogP contribution in [-0.4, -0.2) is 59.8 Å². The SMILES string of the molecule is Cc1ccccc1CC(=O)N1CCC(c2nc(-c3ccc(S(=O)(=O)N4CCCC4)cc3)no2)CC1. The van der Waals surface area contributed by atoms with Gasteiger partial charge in [-0.15, -0.1) is 0 Å². The highest BCUT2D eigenvalue weighted by Crippen LogP contribution is 2.30. The van der Waals surface area contributed by atoms with Gasteiger partial charge in [-0.3, -0.25) is 4.79 Å². The van der Waals surface area contributed by atoms with Gasteiger partial charge in [-0.25, -0.2) is 8.42 Å². The zero-order valence-electron chi connectivity index (χ0n) is 19.9. The van der Waals surface area contributed by atoms with Crippen LogP contribution in [0, 0.1) is 6.92 Å². The second-order valence-corrected chi connectivity index (χ2v) is 11.3. The lowest BCUT2D eigenvalue weighted by molar-refractivity contribution is -0.131. The van der Waals surface area contributed by atoms with E-state index in [4.69, 9.17) is 4.52 Å². The lowest BCUT2D eigenvalue weighted by Crippen LogP contribution is -2.38. The number of carbonyl (C=O) groups excluding carboxylic acids is 1. The Hall–Kier alpha value is -3.04. The van der Waals surface area contributed by atoms with Gasteiger partial charge in [-0.05, 0) is 68.0 Å². The normalized spacial score (nSPS) is 17.7. The maximum atomic E-state index is 12.8. The Kier molecular flexibility index (Phi) is 6.71. The van der Waals surface area contributed by atoms with Crippen LogP contribution in [0.4, 0.5) is 0 Å². The molecule has 9 heteroatoms. The van der Waals surface area contributed by atoms with Gasteiger partial charge in [0, 0.05) is 37.7 Å². The standard InChI is InChI=1S/C26H30N4O4S/c1-19-6-2-3-7-22(19)18-24(31)29-16-12-21(13-17-29)26-27-25(28-34-26)20-8-10-23(11-9-20)35(32,33)30-14-4-5-15-30/h2-3,6-11,21H,4-5,12-18H2,1H3. The van der Waals surface area contributed by atoms with E-state index in [1.807, 2.05) is 36.1 Å². The molecular weight excluding hydrogens is 464 g/mol. The number of rotatable bonds is 6. The molecule has 2 saturated heterocycles. The van der Waals surface area contributed by atoms with Gasteiger partial charge in [-0.1, -0.05) is 29.4 Å². The lowest BCUT2D eigenvalue weighted by atomic mass is 9.96. The fourth-order valence-electron chi connectivity index (χ4n) is 4.83. The summed E-state index contributed by atoms with van der Waals surface area (Å²) in [5, 5.41) is 4.12. The molecule has 8 nitrogen and oxygen atoms in total. The third-order valence-electron chi connectivity index (χ3n) is 7.06. The Morgan fingerprint density at radius 1 is 1.00 bits per heavy atom. The zero-order valence-corrected chi connectivity index (χ0v) is 20.7. The zero-order chi connectivity index (χ0) is 24.4. The van der Waals surface area contributed by atoms with Gasteiger partial charge in [0.15, 0.2) is 0 Å². The topological polar surface area (TPSA) is 96.6 Å².